The number of aliphatic hydroxyl groups is 1. The second-order valence-corrected chi connectivity index (χ2v) is 10.5. The lowest BCUT2D eigenvalue weighted by Gasteiger charge is -2.37. The van der Waals surface area contributed by atoms with Crippen LogP contribution >= 0.6 is 0 Å². The van der Waals surface area contributed by atoms with Gasteiger partial charge in [-0.15, -0.1) is 0 Å². The van der Waals surface area contributed by atoms with E-state index in [9.17, 15) is 9.90 Å². The molecule has 0 fully saturated rings. The van der Waals surface area contributed by atoms with Gasteiger partial charge >= 0.3 is 0 Å². The highest BCUT2D eigenvalue weighted by Crippen LogP contribution is 2.41. The summed E-state index contributed by atoms with van der Waals surface area (Å²) in [5.41, 5.74) is 2.98. The second-order valence-electron chi connectivity index (χ2n) is 10.5. The lowest BCUT2D eigenvalue weighted by atomic mass is 9.80. The molecule has 0 spiro atoms. The first-order valence-electron chi connectivity index (χ1n) is 14.5. The minimum absolute atomic E-state index is 0.00126. The molecular formula is C37H37NO6. The summed E-state index contributed by atoms with van der Waals surface area (Å²) in [7, 11) is 3.26. The molecule has 1 N–H and O–H groups in total. The maximum Gasteiger partial charge on any atom is 0.223 e. The zero-order chi connectivity index (χ0) is 30.9. The number of nitrogens with zero attached hydrogens (tertiary/aromatic N) is 1. The molecule has 0 bridgehead atoms. The van der Waals surface area contributed by atoms with Gasteiger partial charge in [0.15, 0.2) is 5.75 Å². The first-order chi connectivity index (χ1) is 21.4. The molecule has 0 saturated carbocycles. The molecule has 5 rings (SSSR count). The summed E-state index contributed by atoms with van der Waals surface area (Å²) in [6, 6.07) is 36.6. The van der Waals surface area contributed by atoms with E-state index >= 15 is 0 Å². The maximum absolute atomic E-state index is 12.7. The van der Waals surface area contributed by atoms with E-state index < -0.39 is 11.7 Å². The quantitative estimate of drug-likeness (QED) is 0.166. The van der Waals surface area contributed by atoms with Gasteiger partial charge in [-0.1, -0.05) is 84.9 Å². The van der Waals surface area contributed by atoms with Gasteiger partial charge in [-0.05, 0) is 53.4 Å². The highest BCUT2D eigenvalue weighted by molar-refractivity contribution is 5.49. The summed E-state index contributed by atoms with van der Waals surface area (Å²) in [6.45, 7) is 2.29. The van der Waals surface area contributed by atoms with Crippen molar-refractivity contribution in [3.05, 3.63) is 160 Å². The van der Waals surface area contributed by atoms with Crippen LogP contribution in [0.2, 0.25) is 0 Å². The molecule has 1 atom stereocenters. The molecule has 0 aliphatic heterocycles. The Morgan fingerprint density at radius 2 is 1.25 bits per heavy atom. The molecule has 0 amide bonds. The number of benzene rings is 4. The fraction of sp³-hybridized carbons (Fsp3) is 0.216. The monoisotopic (exact) mass is 591 g/mol. The highest BCUT2D eigenvalue weighted by Gasteiger charge is 2.38. The number of ether oxygens (including phenoxy) is 4. The molecule has 7 heteroatoms. The van der Waals surface area contributed by atoms with E-state index in [4.69, 9.17) is 18.9 Å². The normalized spacial score (nSPS) is 12.0. The smallest absolute Gasteiger partial charge is 0.223 e. The van der Waals surface area contributed by atoms with E-state index in [1.54, 1.807) is 20.4 Å². The minimum atomic E-state index is -1.05. The molecule has 0 aliphatic rings. The Bertz CT molecular complexity index is 1640. The van der Waals surface area contributed by atoms with Crippen LogP contribution in [0.4, 0.5) is 0 Å². The summed E-state index contributed by atoms with van der Waals surface area (Å²) < 4.78 is 25.4. The topological polar surface area (TPSA) is 79.2 Å². The Labute approximate surface area is 257 Å². The molecule has 0 radical (unpaired) electrons. The lowest BCUT2D eigenvalue weighted by molar-refractivity contribution is -0.0425. The SMILES string of the molecule is COc1ccc(C(OC[C@@H](O)Cn2ccc(=O)c(OCc3ccccc3)c2C)(c2ccccc2)c2ccc(OC)cc2)cc1. The van der Waals surface area contributed by atoms with Crippen LogP contribution in [0, 0.1) is 6.92 Å². The second kappa shape index (κ2) is 14.1. The van der Waals surface area contributed by atoms with Gasteiger partial charge in [-0.2, -0.15) is 0 Å². The predicted octanol–water partition coefficient (Wildman–Crippen LogP) is 6.12. The van der Waals surface area contributed by atoms with Crippen molar-refractivity contribution in [2.45, 2.75) is 31.8 Å². The third kappa shape index (κ3) is 6.70. The van der Waals surface area contributed by atoms with Gasteiger partial charge in [0.05, 0.1) is 39.2 Å². The van der Waals surface area contributed by atoms with Crippen molar-refractivity contribution < 1.29 is 24.1 Å². The zero-order valence-electron chi connectivity index (χ0n) is 25.2. The van der Waals surface area contributed by atoms with E-state index in [1.807, 2.05) is 121 Å². The number of rotatable bonds is 13. The van der Waals surface area contributed by atoms with Crippen LogP contribution in [-0.2, 0) is 23.5 Å². The van der Waals surface area contributed by atoms with Crippen LogP contribution in [0.25, 0.3) is 0 Å². The average Bonchev–Trinajstić information content (AvgIpc) is 3.08. The molecule has 1 aromatic heterocycles. The predicted molar refractivity (Wildman–Crippen MR) is 170 cm³/mol. The molecule has 0 unspecified atom stereocenters. The van der Waals surface area contributed by atoms with Crippen LogP contribution in [0.3, 0.4) is 0 Å². The standard InChI is InChI=1S/C37H37NO6/c1-27-36(43-25-28-10-6-4-7-11-28)35(40)22-23-38(27)24-32(39)26-44-37(29-12-8-5-9-13-29,30-14-18-33(41-2)19-15-30)31-16-20-34(42-3)21-17-31/h4-23,32,39H,24-26H2,1-3H3/t32-/m0/s1. The van der Waals surface area contributed by atoms with Crippen LogP contribution in [0.5, 0.6) is 17.2 Å². The molecule has 7 nitrogen and oxygen atoms in total. The number of pyridine rings is 1. The van der Waals surface area contributed by atoms with Gasteiger partial charge in [0.25, 0.3) is 0 Å². The summed E-state index contributed by atoms with van der Waals surface area (Å²) >= 11 is 0. The van der Waals surface area contributed by atoms with Gasteiger partial charge in [-0.3, -0.25) is 4.79 Å². The van der Waals surface area contributed by atoms with E-state index in [-0.39, 0.29) is 30.9 Å². The fourth-order valence-electron chi connectivity index (χ4n) is 5.33. The molecule has 4 aromatic carbocycles. The van der Waals surface area contributed by atoms with Crippen LogP contribution < -0.4 is 19.6 Å². The first-order valence-corrected chi connectivity index (χ1v) is 14.5. The molecule has 5 aromatic rings. The van der Waals surface area contributed by atoms with E-state index in [0.717, 1.165) is 33.8 Å². The van der Waals surface area contributed by atoms with Crippen molar-refractivity contribution in [3.8, 4) is 17.2 Å². The molecule has 1 heterocycles. The Morgan fingerprint density at radius 1 is 0.727 bits per heavy atom. The summed E-state index contributed by atoms with van der Waals surface area (Å²) in [4.78, 5) is 12.7. The van der Waals surface area contributed by atoms with Crippen LogP contribution in [-0.4, -0.2) is 36.6 Å². The largest absolute Gasteiger partial charge is 0.497 e. The summed E-state index contributed by atoms with van der Waals surface area (Å²) in [6.07, 6.45) is 0.769. The molecule has 44 heavy (non-hydrogen) atoms. The maximum atomic E-state index is 12.7. The van der Waals surface area contributed by atoms with Crippen LogP contribution in [0.1, 0.15) is 27.9 Å². The Morgan fingerprint density at radius 3 is 1.80 bits per heavy atom. The summed E-state index contributed by atoms with van der Waals surface area (Å²) in [5, 5.41) is 11.4. The van der Waals surface area contributed by atoms with Gasteiger partial charge in [0, 0.05) is 12.3 Å². The average molecular weight is 592 g/mol. The van der Waals surface area contributed by atoms with Crippen molar-refractivity contribution >= 4 is 0 Å². The molecule has 0 aliphatic carbocycles. The highest BCUT2D eigenvalue weighted by atomic mass is 16.5. The third-order valence-electron chi connectivity index (χ3n) is 7.69. The van der Waals surface area contributed by atoms with Gasteiger partial charge in [-0.25, -0.2) is 0 Å². The number of hydrogen-bond donors (Lipinski definition) is 1. The number of hydrogen-bond acceptors (Lipinski definition) is 6. The van der Waals surface area contributed by atoms with E-state index in [2.05, 4.69) is 0 Å². The zero-order valence-corrected chi connectivity index (χ0v) is 25.2. The van der Waals surface area contributed by atoms with Crippen molar-refractivity contribution in [1.82, 2.24) is 4.57 Å². The number of aliphatic hydroxyl groups excluding tert-OH is 1. The van der Waals surface area contributed by atoms with E-state index in [0.29, 0.717) is 5.69 Å². The first kappa shape index (κ1) is 30.6. The van der Waals surface area contributed by atoms with Crippen molar-refractivity contribution in [1.29, 1.82) is 0 Å². The molecule has 0 saturated heterocycles. The minimum Gasteiger partial charge on any atom is -0.497 e. The summed E-state index contributed by atoms with van der Waals surface area (Å²) in [5.74, 6) is 1.72. The fourth-order valence-corrected chi connectivity index (χ4v) is 5.33. The van der Waals surface area contributed by atoms with Crippen molar-refractivity contribution in [2.24, 2.45) is 0 Å². The van der Waals surface area contributed by atoms with Crippen molar-refractivity contribution in [2.75, 3.05) is 20.8 Å². The lowest BCUT2D eigenvalue weighted by Crippen LogP contribution is -2.37. The number of methoxy groups -OCH3 is 2. The Kier molecular flexibility index (Phi) is 9.79. The number of aromatic nitrogens is 1. The van der Waals surface area contributed by atoms with Gasteiger partial charge in [0.2, 0.25) is 5.43 Å². The van der Waals surface area contributed by atoms with Crippen LogP contribution in [0.15, 0.2) is 126 Å². The molecular weight excluding hydrogens is 554 g/mol. The van der Waals surface area contributed by atoms with Gasteiger partial charge in [0.1, 0.15) is 23.7 Å². The van der Waals surface area contributed by atoms with Crippen molar-refractivity contribution in [3.63, 3.8) is 0 Å². The van der Waals surface area contributed by atoms with Gasteiger partial charge < -0.3 is 28.6 Å². The third-order valence-corrected chi connectivity index (χ3v) is 7.69. The Balaban J connectivity index is 1.45. The Hall–Kier alpha value is -4.85. The van der Waals surface area contributed by atoms with E-state index in [1.165, 1.54) is 6.07 Å². The molecule has 226 valence electrons.